The Balaban J connectivity index is 0.000000928. The second kappa shape index (κ2) is 15.0. The van der Waals surface area contributed by atoms with Crippen molar-refractivity contribution < 1.29 is 24.9 Å². The van der Waals surface area contributed by atoms with E-state index in [1.807, 2.05) is 0 Å². The molecule has 4 unspecified atom stereocenters. The minimum absolute atomic E-state index is 0. The Morgan fingerprint density at radius 1 is 1.16 bits per heavy atom. The fourth-order valence-electron chi connectivity index (χ4n) is 2.65. The molecule has 0 spiro atoms. The van der Waals surface area contributed by atoms with Gasteiger partial charge < -0.3 is 31.5 Å². The number of halogens is 1. The predicted octanol–water partition coefficient (Wildman–Crippen LogP) is 0.454. The number of aliphatic hydroxyl groups excluding tert-OH is 1. The number of aromatic nitrogens is 3. The third kappa shape index (κ3) is 7.00. The van der Waals surface area contributed by atoms with Crippen molar-refractivity contribution in [1.29, 1.82) is 0 Å². The summed E-state index contributed by atoms with van der Waals surface area (Å²) in [6.45, 7) is 8.14. The number of unbranched alkanes of at least 4 members (excludes halogenated alkanes) is 2. The van der Waals surface area contributed by atoms with E-state index in [0.717, 1.165) is 6.33 Å². The van der Waals surface area contributed by atoms with Crippen LogP contribution >= 0.6 is 15.9 Å². The van der Waals surface area contributed by atoms with Crippen molar-refractivity contribution in [3.63, 3.8) is 0 Å². The van der Waals surface area contributed by atoms with Crippen molar-refractivity contribution in [3.05, 3.63) is 16.5 Å². The number of ether oxygens (including phenoxy) is 1. The van der Waals surface area contributed by atoms with E-state index in [1.54, 1.807) is 0 Å². The van der Waals surface area contributed by atoms with E-state index in [9.17, 15) is 15.0 Å². The molecule has 3 rings (SSSR count). The maximum Gasteiger partial charge on any atom is 2.00 e. The van der Waals surface area contributed by atoms with Gasteiger partial charge in [-0.3, -0.25) is 9.36 Å². The summed E-state index contributed by atoms with van der Waals surface area (Å²) in [5, 5.41) is 33.4. The number of amides is 1. The van der Waals surface area contributed by atoms with Gasteiger partial charge in [0.2, 0.25) is 0 Å². The molecule has 5 N–H and O–H groups in total. The van der Waals surface area contributed by atoms with Gasteiger partial charge in [-0.1, -0.05) is 59.5 Å². The van der Waals surface area contributed by atoms with Crippen LogP contribution in [0.3, 0.4) is 0 Å². The van der Waals surface area contributed by atoms with Crippen molar-refractivity contribution in [2.45, 2.75) is 77.9 Å². The molecule has 12 heteroatoms. The molecule has 2 aromatic heterocycles. The van der Waals surface area contributed by atoms with Gasteiger partial charge in [0.15, 0.2) is 0 Å². The Kier molecular flexibility index (Phi) is 14.6. The number of nitrogens with two attached hydrogens (primary N) is 2. The summed E-state index contributed by atoms with van der Waals surface area (Å²) in [5.74, 6) is -0.805. The first-order chi connectivity index (χ1) is 14.7. The van der Waals surface area contributed by atoms with E-state index >= 15 is 0 Å². The molecule has 10 nitrogen and oxygen atoms in total. The number of fused-ring (bicyclic) bond motifs is 1. The molecular formula is C20H32BrN5O5Sn. The number of nitrogens with zero attached hydrogens (tertiary/aromatic N) is 3. The van der Waals surface area contributed by atoms with Crippen LogP contribution in [0.5, 0.6) is 0 Å². The number of aliphatic hydroxyl groups is 1. The molecule has 32 heavy (non-hydrogen) atoms. The zero-order valence-electron chi connectivity index (χ0n) is 18.9. The number of primary amides is 1. The average molecular weight is 621 g/mol. The molecule has 1 aliphatic heterocycles. The molecule has 4 atom stereocenters. The van der Waals surface area contributed by atoms with E-state index < -0.39 is 37.1 Å². The van der Waals surface area contributed by atoms with E-state index in [0.29, 0.717) is 0 Å². The van der Waals surface area contributed by atoms with Gasteiger partial charge in [-0.2, -0.15) is 0 Å². The number of carbonyl (C=O) groups is 1. The number of hydrogen-bond donors (Lipinski definition) is 3. The van der Waals surface area contributed by atoms with Crippen molar-refractivity contribution in [3.8, 4) is 0 Å². The van der Waals surface area contributed by atoms with Crippen LogP contribution in [-0.2, 0) is 4.74 Å². The molecule has 2 radical (unpaired) electrons. The quantitative estimate of drug-likeness (QED) is 0.404. The Morgan fingerprint density at radius 2 is 1.69 bits per heavy atom. The Morgan fingerprint density at radius 3 is 2.09 bits per heavy atom. The Bertz CT molecular complexity index is 845. The Labute approximate surface area is 213 Å². The van der Waals surface area contributed by atoms with Crippen LogP contribution in [0.2, 0.25) is 0 Å². The van der Waals surface area contributed by atoms with Gasteiger partial charge in [0.1, 0.15) is 28.6 Å². The number of hydrogen-bond acceptors (Lipinski definition) is 8. The first-order valence-electron chi connectivity index (χ1n) is 10.4. The van der Waals surface area contributed by atoms with Crippen molar-refractivity contribution in [2.24, 2.45) is 5.73 Å². The molecule has 1 fully saturated rings. The summed E-state index contributed by atoms with van der Waals surface area (Å²) < 4.78 is 6.70. The van der Waals surface area contributed by atoms with E-state index in [4.69, 9.17) is 21.3 Å². The summed E-state index contributed by atoms with van der Waals surface area (Å²) in [6.07, 6.45) is 0.636. The summed E-state index contributed by atoms with van der Waals surface area (Å²) in [7, 11) is 0. The maximum atomic E-state index is 12.2. The second-order valence-corrected chi connectivity index (χ2v) is 7.79. The fraction of sp³-hybridized carbons (Fsp3) is 0.650. The van der Waals surface area contributed by atoms with Crippen LogP contribution in [0.1, 0.15) is 70.0 Å². The minimum atomic E-state index is -1.71. The van der Waals surface area contributed by atoms with Crippen LogP contribution < -0.4 is 21.7 Å². The van der Waals surface area contributed by atoms with Crippen molar-refractivity contribution >= 4 is 62.6 Å². The van der Waals surface area contributed by atoms with Crippen molar-refractivity contribution in [2.75, 3.05) is 12.3 Å². The number of anilines is 1. The van der Waals surface area contributed by atoms with Crippen LogP contribution in [0.15, 0.2) is 10.9 Å². The summed E-state index contributed by atoms with van der Waals surface area (Å²) in [4.78, 5) is 19.5. The van der Waals surface area contributed by atoms with Crippen molar-refractivity contribution in [1.82, 2.24) is 14.5 Å². The van der Waals surface area contributed by atoms with Gasteiger partial charge in [0.25, 0.3) is 5.91 Å². The smallest absolute Gasteiger partial charge is 0.851 e. The number of nitrogen functional groups attached to an aromatic ring is 1. The van der Waals surface area contributed by atoms with Gasteiger partial charge in [0.05, 0.1) is 23.7 Å². The molecule has 178 valence electrons. The third-order valence-corrected chi connectivity index (χ3v) is 5.50. The van der Waals surface area contributed by atoms with E-state index in [2.05, 4.69) is 53.6 Å². The minimum Gasteiger partial charge on any atom is -0.851 e. The molecule has 1 amide bonds. The van der Waals surface area contributed by atoms with Crippen LogP contribution in [0.25, 0.3) is 11.0 Å². The topological polar surface area (TPSA) is 175 Å². The molecule has 3 heterocycles. The van der Waals surface area contributed by atoms with Gasteiger partial charge >= 0.3 is 23.9 Å². The largest absolute Gasteiger partial charge is 2.00 e. The summed E-state index contributed by atoms with van der Waals surface area (Å²) >= 11 is 3.18. The standard InChI is InChI=1S/C12H12BrN5O5.2C4H10.Sn/c13-8-4(10(15)22)5-9(14)16-2-17-11(5)18(8)12-7(21)6(20)3(1-19)23-12;2*1-3-4-2;/h2-3,6-7,12,19H,1H2,(H2,15,22)(H2,14,16,17);2*3-4H2,1-2H3;/q-2;;;+2. The van der Waals surface area contributed by atoms with Gasteiger partial charge in [-0.25, -0.2) is 9.97 Å². The number of carbonyl (C=O) groups excluding carboxylic acids is 1. The predicted molar refractivity (Wildman–Crippen MR) is 124 cm³/mol. The normalized spacial score (nSPS) is 21.8. The summed E-state index contributed by atoms with van der Waals surface area (Å²) in [6, 6.07) is 0. The van der Waals surface area contributed by atoms with E-state index in [-0.39, 0.29) is 50.9 Å². The van der Waals surface area contributed by atoms with E-state index in [1.165, 1.54) is 30.3 Å². The molecule has 0 saturated carbocycles. The monoisotopic (exact) mass is 621 g/mol. The molecule has 0 bridgehead atoms. The van der Waals surface area contributed by atoms with Gasteiger partial charge in [-0.05, 0) is 15.9 Å². The van der Waals surface area contributed by atoms with Gasteiger partial charge in [0, 0.05) is 0 Å². The Hall–Kier alpha value is -0.991. The van der Waals surface area contributed by atoms with Crippen LogP contribution in [-0.4, -0.2) is 74.4 Å². The van der Waals surface area contributed by atoms with Gasteiger partial charge in [-0.15, -0.1) is 6.10 Å². The number of rotatable bonds is 5. The fourth-order valence-corrected chi connectivity index (χ4v) is 3.41. The summed E-state index contributed by atoms with van der Waals surface area (Å²) in [5.41, 5.74) is 11.3. The maximum absolute atomic E-state index is 12.2. The molecular weight excluding hydrogens is 589 g/mol. The third-order valence-electron chi connectivity index (χ3n) is 4.72. The molecule has 1 saturated heterocycles. The zero-order chi connectivity index (χ0) is 23.7. The first-order valence-corrected chi connectivity index (χ1v) is 11.2. The zero-order valence-corrected chi connectivity index (χ0v) is 23.3. The molecule has 1 aliphatic rings. The second-order valence-electron chi connectivity index (χ2n) is 7.03. The first kappa shape index (κ1) is 31.0. The molecule has 0 aliphatic carbocycles. The SMILES string of the molecule is CCCC.CCCC.NC(=O)c1c(Br)n(C2OC(CO)C([O-])C2[O-])c2ncnc(N)c12.[Sn+2]. The van der Waals surface area contributed by atoms with Crippen LogP contribution in [0.4, 0.5) is 5.82 Å². The van der Waals surface area contributed by atoms with Crippen LogP contribution in [0, 0.1) is 0 Å². The molecule has 2 aromatic rings. The average Bonchev–Trinajstić information content (AvgIpc) is 3.22. The molecule has 0 aromatic carbocycles.